The minimum atomic E-state index is -3.66. The molecule has 3 N–H and O–H groups in total. The van der Waals surface area contributed by atoms with E-state index in [0.717, 1.165) is 11.1 Å². The Morgan fingerprint density at radius 2 is 1.86 bits per heavy atom. The summed E-state index contributed by atoms with van der Waals surface area (Å²) >= 11 is 5.86. The first-order chi connectivity index (χ1) is 9.86. The van der Waals surface area contributed by atoms with Crippen molar-refractivity contribution >= 4 is 21.6 Å². The first-order valence-electron chi connectivity index (χ1n) is 6.47. The lowest BCUT2D eigenvalue weighted by Crippen LogP contribution is -2.18. The fourth-order valence-electron chi connectivity index (χ4n) is 1.97. The quantitative estimate of drug-likeness (QED) is 0.888. The summed E-state index contributed by atoms with van der Waals surface area (Å²) in [5, 5.41) is 9.16. The Kier molecular flexibility index (Phi) is 5.00. The first-order valence-corrected chi connectivity index (χ1v) is 8.39. The van der Waals surface area contributed by atoms with Crippen molar-refractivity contribution < 1.29 is 8.42 Å². The summed E-state index contributed by atoms with van der Waals surface area (Å²) in [5.74, 6) is 0. The third-order valence-corrected chi connectivity index (χ3v) is 4.37. The minimum Gasteiger partial charge on any atom is -0.306 e. The average Bonchev–Trinajstić information content (AvgIpc) is 2.45. The number of nitrogens with two attached hydrogens (primary N) is 1. The van der Waals surface area contributed by atoms with Crippen molar-refractivity contribution in [3.8, 4) is 0 Å². The van der Waals surface area contributed by atoms with Crippen LogP contribution in [-0.4, -0.2) is 8.42 Å². The zero-order chi connectivity index (χ0) is 15.5. The van der Waals surface area contributed by atoms with Gasteiger partial charge in [-0.05, 0) is 42.3 Å². The highest BCUT2D eigenvalue weighted by molar-refractivity contribution is 7.89. The molecule has 0 aromatic heterocycles. The highest BCUT2D eigenvalue weighted by Gasteiger charge is 2.09. The van der Waals surface area contributed by atoms with Crippen LogP contribution in [0.3, 0.4) is 0 Å². The van der Waals surface area contributed by atoms with Crippen molar-refractivity contribution in [2.75, 3.05) is 0 Å². The van der Waals surface area contributed by atoms with Crippen molar-refractivity contribution in [1.29, 1.82) is 0 Å². The molecule has 0 radical (unpaired) electrons. The largest absolute Gasteiger partial charge is 0.306 e. The molecule has 0 spiro atoms. The second-order valence-corrected chi connectivity index (χ2v) is 6.84. The maximum atomic E-state index is 11.3. The summed E-state index contributed by atoms with van der Waals surface area (Å²) < 4.78 is 22.6. The van der Waals surface area contributed by atoms with Crippen LogP contribution in [0.5, 0.6) is 0 Å². The number of hydrogen-bond acceptors (Lipinski definition) is 3. The molecule has 6 heteroatoms. The molecular formula is C15H17ClN2O2S. The summed E-state index contributed by atoms with van der Waals surface area (Å²) in [6.45, 7) is 2.58. The number of primary sulfonamides is 1. The molecule has 0 saturated carbocycles. The van der Waals surface area contributed by atoms with E-state index in [1.807, 2.05) is 37.3 Å². The molecule has 4 nitrogen and oxygen atoms in total. The van der Waals surface area contributed by atoms with Crippen LogP contribution in [0.1, 0.15) is 24.1 Å². The third kappa shape index (κ3) is 4.54. The summed E-state index contributed by atoms with van der Waals surface area (Å²) in [6.07, 6.45) is 0. The van der Waals surface area contributed by atoms with Gasteiger partial charge in [0.2, 0.25) is 10.0 Å². The molecule has 0 heterocycles. The lowest BCUT2D eigenvalue weighted by atomic mass is 10.1. The maximum absolute atomic E-state index is 11.3. The number of rotatable bonds is 5. The lowest BCUT2D eigenvalue weighted by molar-refractivity contribution is 0.573. The second kappa shape index (κ2) is 6.58. The van der Waals surface area contributed by atoms with Gasteiger partial charge in [-0.25, -0.2) is 13.6 Å². The molecule has 0 amide bonds. The van der Waals surface area contributed by atoms with Crippen LogP contribution in [-0.2, 0) is 16.6 Å². The second-order valence-electron chi connectivity index (χ2n) is 4.85. The molecule has 0 fully saturated rings. The highest BCUT2D eigenvalue weighted by atomic mass is 35.5. The molecule has 21 heavy (non-hydrogen) atoms. The van der Waals surface area contributed by atoms with E-state index in [-0.39, 0.29) is 10.9 Å². The van der Waals surface area contributed by atoms with Crippen LogP contribution < -0.4 is 10.5 Å². The molecule has 2 aromatic carbocycles. The van der Waals surface area contributed by atoms with E-state index in [9.17, 15) is 8.42 Å². The van der Waals surface area contributed by atoms with Crippen molar-refractivity contribution in [3.63, 3.8) is 0 Å². The standard InChI is InChI=1S/C15H17ClN2O2S/c1-11(13-5-7-14(16)8-6-13)18-10-12-3-2-4-15(9-12)21(17,19)20/h2-9,11,18H,10H2,1H3,(H2,17,19,20). The number of sulfonamides is 1. The maximum Gasteiger partial charge on any atom is 0.238 e. The van der Waals surface area contributed by atoms with Gasteiger partial charge in [-0.3, -0.25) is 0 Å². The van der Waals surface area contributed by atoms with Gasteiger partial charge in [0.1, 0.15) is 0 Å². The van der Waals surface area contributed by atoms with Crippen LogP contribution in [0.4, 0.5) is 0 Å². The first kappa shape index (κ1) is 16.0. The molecule has 0 saturated heterocycles. The van der Waals surface area contributed by atoms with Gasteiger partial charge in [0.15, 0.2) is 0 Å². The van der Waals surface area contributed by atoms with Gasteiger partial charge in [-0.15, -0.1) is 0 Å². The topological polar surface area (TPSA) is 72.2 Å². The van der Waals surface area contributed by atoms with Gasteiger partial charge in [-0.2, -0.15) is 0 Å². The van der Waals surface area contributed by atoms with Gasteiger partial charge in [-0.1, -0.05) is 35.9 Å². The van der Waals surface area contributed by atoms with Crippen LogP contribution in [0.15, 0.2) is 53.4 Å². The zero-order valence-corrected chi connectivity index (χ0v) is 13.2. The van der Waals surface area contributed by atoms with Gasteiger partial charge < -0.3 is 5.32 Å². The normalized spacial score (nSPS) is 13.1. The molecule has 2 aromatic rings. The summed E-state index contributed by atoms with van der Waals surface area (Å²) in [6, 6.07) is 14.3. The Bertz CT molecular complexity index is 715. The Morgan fingerprint density at radius 1 is 1.19 bits per heavy atom. The zero-order valence-electron chi connectivity index (χ0n) is 11.6. The van der Waals surface area contributed by atoms with Gasteiger partial charge in [0, 0.05) is 17.6 Å². The van der Waals surface area contributed by atoms with E-state index in [1.165, 1.54) is 6.07 Å². The summed E-state index contributed by atoms with van der Waals surface area (Å²) in [7, 11) is -3.66. The fourth-order valence-corrected chi connectivity index (χ4v) is 2.68. The Balaban J connectivity index is 2.04. The smallest absolute Gasteiger partial charge is 0.238 e. The molecule has 0 aliphatic carbocycles. The minimum absolute atomic E-state index is 0.125. The molecule has 0 aliphatic heterocycles. The van der Waals surface area contributed by atoms with Crippen molar-refractivity contribution in [2.45, 2.75) is 24.4 Å². The molecule has 112 valence electrons. The lowest BCUT2D eigenvalue weighted by Gasteiger charge is -2.14. The molecular weight excluding hydrogens is 308 g/mol. The predicted molar refractivity (Wildman–Crippen MR) is 84.5 cm³/mol. The van der Waals surface area contributed by atoms with Gasteiger partial charge in [0.25, 0.3) is 0 Å². The Hall–Kier alpha value is -1.40. The van der Waals surface area contributed by atoms with Crippen molar-refractivity contribution in [1.82, 2.24) is 5.32 Å². The molecule has 0 aliphatic rings. The molecule has 0 bridgehead atoms. The van der Waals surface area contributed by atoms with Crippen LogP contribution in [0, 0.1) is 0 Å². The van der Waals surface area contributed by atoms with Crippen molar-refractivity contribution in [2.24, 2.45) is 5.14 Å². The van der Waals surface area contributed by atoms with Crippen LogP contribution in [0.25, 0.3) is 0 Å². The summed E-state index contributed by atoms with van der Waals surface area (Å²) in [5.41, 5.74) is 1.98. The van der Waals surface area contributed by atoms with Crippen molar-refractivity contribution in [3.05, 3.63) is 64.7 Å². The monoisotopic (exact) mass is 324 g/mol. The average molecular weight is 325 g/mol. The Morgan fingerprint density at radius 3 is 2.48 bits per heavy atom. The van der Waals surface area contributed by atoms with E-state index in [0.29, 0.717) is 11.6 Å². The highest BCUT2D eigenvalue weighted by Crippen LogP contribution is 2.17. The van der Waals surface area contributed by atoms with Crippen LogP contribution in [0.2, 0.25) is 5.02 Å². The number of nitrogens with one attached hydrogen (secondary N) is 1. The number of halogens is 1. The van der Waals surface area contributed by atoms with E-state index in [1.54, 1.807) is 12.1 Å². The van der Waals surface area contributed by atoms with E-state index in [4.69, 9.17) is 16.7 Å². The van der Waals surface area contributed by atoms with E-state index < -0.39 is 10.0 Å². The van der Waals surface area contributed by atoms with E-state index >= 15 is 0 Å². The molecule has 1 unspecified atom stereocenters. The van der Waals surface area contributed by atoms with E-state index in [2.05, 4.69) is 5.32 Å². The number of hydrogen-bond donors (Lipinski definition) is 2. The van der Waals surface area contributed by atoms with Crippen LogP contribution >= 0.6 is 11.6 Å². The molecule has 2 rings (SSSR count). The SMILES string of the molecule is CC(NCc1cccc(S(N)(=O)=O)c1)c1ccc(Cl)cc1. The fraction of sp³-hybridized carbons (Fsp3) is 0.200. The van der Waals surface area contributed by atoms with Gasteiger partial charge in [0.05, 0.1) is 4.90 Å². The third-order valence-electron chi connectivity index (χ3n) is 3.21. The Labute approximate surface area is 130 Å². The van der Waals surface area contributed by atoms with Gasteiger partial charge >= 0.3 is 0 Å². The molecule has 1 atom stereocenters. The predicted octanol–water partition coefficient (Wildman–Crippen LogP) is 2.84. The summed E-state index contributed by atoms with van der Waals surface area (Å²) in [4.78, 5) is 0.126. The number of benzene rings is 2.